The molecule has 1 unspecified atom stereocenters. The molecule has 0 aromatic heterocycles. The number of fused-ring (bicyclic) bond motifs is 1. The van der Waals surface area contributed by atoms with Crippen molar-refractivity contribution in [2.45, 2.75) is 18.2 Å². The van der Waals surface area contributed by atoms with Crippen LogP contribution in [0.3, 0.4) is 0 Å². The van der Waals surface area contributed by atoms with Crippen LogP contribution >= 0.6 is 0 Å². The molecule has 6 heteroatoms. The molecule has 18 heavy (non-hydrogen) atoms. The van der Waals surface area contributed by atoms with Gasteiger partial charge in [-0.05, 0) is 25.0 Å². The Morgan fingerprint density at radius 3 is 2.78 bits per heavy atom. The summed E-state index contributed by atoms with van der Waals surface area (Å²) in [5, 5.41) is 8.58. The molecule has 0 spiro atoms. The zero-order valence-corrected chi connectivity index (χ0v) is 10.6. The minimum Gasteiger partial charge on any atom is -0.508 e. The zero-order chi connectivity index (χ0) is 13.3. The van der Waals surface area contributed by atoms with Crippen molar-refractivity contribution in [1.82, 2.24) is 0 Å². The van der Waals surface area contributed by atoms with Crippen LogP contribution in [0.2, 0.25) is 0 Å². The summed E-state index contributed by atoms with van der Waals surface area (Å²) in [6, 6.07) is 4.95. The molecular formula is C12H15NO4S. The third-order valence-corrected chi connectivity index (χ3v) is 4.13. The molecule has 0 fully saturated rings. The van der Waals surface area contributed by atoms with E-state index in [0.717, 1.165) is 0 Å². The van der Waals surface area contributed by atoms with Gasteiger partial charge in [0, 0.05) is 17.8 Å². The third-order valence-electron chi connectivity index (χ3n) is 3.08. The van der Waals surface area contributed by atoms with Gasteiger partial charge in [0.05, 0.1) is 0 Å². The number of nitrogens with zero attached hydrogens (tertiary/aromatic N) is 1. The Labute approximate surface area is 106 Å². The van der Waals surface area contributed by atoms with E-state index in [4.69, 9.17) is 0 Å². The van der Waals surface area contributed by atoms with E-state index in [2.05, 4.69) is 6.58 Å². The number of phenolic OH excluding ortho intramolecular Hbond substituents is 1. The maximum atomic E-state index is 11.3. The number of hydrogen-bond acceptors (Lipinski definition) is 4. The summed E-state index contributed by atoms with van der Waals surface area (Å²) in [7, 11) is -4.24. The summed E-state index contributed by atoms with van der Waals surface area (Å²) >= 11 is 0. The van der Waals surface area contributed by atoms with Crippen LogP contribution < -0.4 is 4.90 Å². The van der Waals surface area contributed by atoms with Gasteiger partial charge >= 0.3 is 0 Å². The Hall–Kier alpha value is -1.53. The second-order valence-electron chi connectivity index (χ2n) is 4.21. The summed E-state index contributed by atoms with van der Waals surface area (Å²) in [6.45, 7) is 3.95. The van der Waals surface area contributed by atoms with Crippen LogP contribution in [0.1, 0.15) is 12.0 Å². The Morgan fingerprint density at radius 1 is 1.44 bits per heavy atom. The van der Waals surface area contributed by atoms with Gasteiger partial charge in [-0.25, -0.2) is 0 Å². The van der Waals surface area contributed by atoms with Crippen molar-refractivity contribution >= 4 is 15.8 Å². The summed E-state index contributed by atoms with van der Waals surface area (Å²) < 4.78 is 31.9. The van der Waals surface area contributed by atoms with Crippen LogP contribution in [-0.2, 0) is 16.5 Å². The standard InChI is InChI=1S/C12H15NO4S/c1-2-12(18(15,16)17)13-8-4-5-9-10(13)6-3-7-11(9)14/h2-3,6-7,12,14H,1,4-5,8H2,(H,15,16,17). The second-order valence-corrected chi connectivity index (χ2v) is 5.73. The molecule has 0 saturated heterocycles. The molecule has 0 amide bonds. The van der Waals surface area contributed by atoms with E-state index in [1.54, 1.807) is 23.1 Å². The molecule has 0 radical (unpaired) electrons. The Morgan fingerprint density at radius 2 is 2.17 bits per heavy atom. The van der Waals surface area contributed by atoms with E-state index in [1.165, 1.54) is 6.08 Å². The maximum Gasteiger partial charge on any atom is 0.290 e. The van der Waals surface area contributed by atoms with Gasteiger partial charge in [0.1, 0.15) is 5.75 Å². The first-order chi connectivity index (χ1) is 8.45. The van der Waals surface area contributed by atoms with Gasteiger partial charge < -0.3 is 10.0 Å². The predicted octanol–water partition coefficient (Wildman–Crippen LogP) is 1.54. The average Bonchev–Trinajstić information content (AvgIpc) is 2.29. The fourth-order valence-electron chi connectivity index (χ4n) is 2.31. The number of hydrogen-bond donors (Lipinski definition) is 2. The van der Waals surface area contributed by atoms with Gasteiger partial charge in [-0.3, -0.25) is 4.55 Å². The zero-order valence-electron chi connectivity index (χ0n) is 9.78. The first kappa shape index (κ1) is 12.9. The van der Waals surface area contributed by atoms with Crippen LogP contribution in [-0.4, -0.2) is 30.0 Å². The van der Waals surface area contributed by atoms with E-state index in [-0.39, 0.29) is 5.75 Å². The highest BCUT2D eigenvalue weighted by Gasteiger charge is 2.31. The van der Waals surface area contributed by atoms with Crippen molar-refractivity contribution in [2.24, 2.45) is 0 Å². The Balaban J connectivity index is 2.50. The molecule has 98 valence electrons. The van der Waals surface area contributed by atoms with Gasteiger partial charge in [0.2, 0.25) is 0 Å². The molecule has 0 saturated carbocycles. The lowest BCUT2D eigenvalue weighted by Gasteiger charge is -2.35. The van der Waals surface area contributed by atoms with Crippen LogP contribution in [0, 0.1) is 0 Å². The average molecular weight is 269 g/mol. The summed E-state index contributed by atoms with van der Waals surface area (Å²) in [4.78, 5) is 1.54. The fourth-order valence-corrected chi connectivity index (χ4v) is 3.09. The van der Waals surface area contributed by atoms with Crippen molar-refractivity contribution < 1.29 is 18.1 Å². The quantitative estimate of drug-likeness (QED) is 0.643. The highest BCUT2D eigenvalue weighted by molar-refractivity contribution is 7.86. The fraction of sp³-hybridized carbons (Fsp3) is 0.333. The number of benzene rings is 1. The van der Waals surface area contributed by atoms with Crippen molar-refractivity contribution in [3.63, 3.8) is 0 Å². The van der Waals surface area contributed by atoms with E-state index in [1.807, 2.05) is 0 Å². The lowest BCUT2D eigenvalue weighted by Crippen LogP contribution is -2.42. The molecule has 1 aromatic rings. The van der Waals surface area contributed by atoms with Crippen molar-refractivity contribution in [2.75, 3.05) is 11.4 Å². The highest BCUT2D eigenvalue weighted by Crippen LogP contribution is 2.35. The normalized spacial score (nSPS) is 17.1. The molecular weight excluding hydrogens is 254 g/mol. The largest absolute Gasteiger partial charge is 0.508 e. The van der Waals surface area contributed by atoms with E-state index < -0.39 is 15.5 Å². The van der Waals surface area contributed by atoms with E-state index in [0.29, 0.717) is 30.6 Å². The lowest BCUT2D eigenvalue weighted by atomic mass is 10.0. The molecule has 1 aliphatic rings. The van der Waals surface area contributed by atoms with E-state index in [9.17, 15) is 18.1 Å². The smallest absolute Gasteiger partial charge is 0.290 e. The number of aromatic hydroxyl groups is 1. The van der Waals surface area contributed by atoms with Gasteiger partial charge in [-0.15, -0.1) is 0 Å². The molecule has 2 rings (SSSR count). The summed E-state index contributed by atoms with van der Waals surface area (Å²) in [6.07, 6.45) is 2.59. The van der Waals surface area contributed by atoms with Crippen LogP contribution in [0.15, 0.2) is 30.9 Å². The minimum absolute atomic E-state index is 0.148. The van der Waals surface area contributed by atoms with Crippen molar-refractivity contribution in [3.8, 4) is 5.75 Å². The number of phenols is 1. The first-order valence-electron chi connectivity index (χ1n) is 5.61. The molecule has 0 bridgehead atoms. The SMILES string of the molecule is C=CC(N1CCCc2c(O)cccc21)S(=O)(=O)O. The molecule has 1 aromatic carbocycles. The topological polar surface area (TPSA) is 77.8 Å². The second kappa shape index (κ2) is 4.62. The van der Waals surface area contributed by atoms with Crippen LogP contribution in [0.25, 0.3) is 0 Å². The molecule has 2 N–H and O–H groups in total. The van der Waals surface area contributed by atoms with Gasteiger partial charge in [0.15, 0.2) is 5.37 Å². The maximum absolute atomic E-state index is 11.3. The molecule has 5 nitrogen and oxygen atoms in total. The summed E-state index contributed by atoms with van der Waals surface area (Å²) in [5.41, 5.74) is 1.34. The van der Waals surface area contributed by atoms with Crippen LogP contribution in [0.5, 0.6) is 5.75 Å². The Kier molecular flexibility index (Phi) is 3.32. The molecule has 1 aliphatic heterocycles. The van der Waals surface area contributed by atoms with Crippen LogP contribution in [0.4, 0.5) is 5.69 Å². The van der Waals surface area contributed by atoms with E-state index >= 15 is 0 Å². The number of rotatable bonds is 3. The molecule has 1 atom stereocenters. The molecule has 0 aliphatic carbocycles. The first-order valence-corrected chi connectivity index (χ1v) is 7.12. The Bertz CT molecular complexity index is 567. The van der Waals surface area contributed by atoms with Crippen molar-refractivity contribution in [3.05, 3.63) is 36.4 Å². The monoisotopic (exact) mass is 269 g/mol. The van der Waals surface area contributed by atoms with Gasteiger partial charge in [-0.2, -0.15) is 8.42 Å². The lowest BCUT2D eigenvalue weighted by molar-refractivity contribution is 0.458. The third kappa shape index (κ3) is 2.21. The van der Waals surface area contributed by atoms with Gasteiger partial charge in [-0.1, -0.05) is 18.7 Å². The predicted molar refractivity (Wildman–Crippen MR) is 69.3 cm³/mol. The number of anilines is 1. The molecule has 1 heterocycles. The summed E-state index contributed by atoms with van der Waals surface area (Å²) in [5.74, 6) is 0.148. The van der Waals surface area contributed by atoms with Gasteiger partial charge in [0.25, 0.3) is 10.1 Å². The minimum atomic E-state index is -4.24. The highest BCUT2D eigenvalue weighted by atomic mass is 32.2. The van der Waals surface area contributed by atoms with Crippen molar-refractivity contribution in [1.29, 1.82) is 0 Å².